The van der Waals surface area contributed by atoms with E-state index in [0.717, 1.165) is 6.07 Å². The SMILES string of the molecule is C=CCCC(c1cccc(F)c1F)C(NS(=O)C(C)(C)C)c1nccnc1Br. The van der Waals surface area contributed by atoms with Crippen LogP contribution in [0.25, 0.3) is 0 Å². The summed E-state index contributed by atoms with van der Waals surface area (Å²) in [7, 11) is -1.47. The van der Waals surface area contributed by atoms with E-state index in [0.29, 0.717) is 23.1 Å². The molecule has 1 heterocycles. The van der Waals surface area contributed by atoms with Crippen molar-refractivity contribution in [3.63, 3.8) is 0 Å². The summed E-state index contributed by atoms with van der Waals surface area (Å²) in [5.74, 6) is -2.37. The highest BCUT2D eigenvalue weighted by Gasteiger charge is 2.34. The summed E-state index contributed by atoms with van der Waals surface area (Å²) < 4.78 is 44.5. The van der Waals surface area contributed by atoms with Crippen molar-refractivity contribution >= 4 is 26.9 Å². The molecule has 0 aliphatic heterocycles. The summed E-state index contributed by atoms with van der Waals surface area (Å²) in [5, 5.41) is 0. The second kappa shape index (κ2) is 9.80. The molecule has 0 spiro atoms. The molecule has 0 radical (unpaired) electrons. The smallest absolute Gasteiger partial charge is 0.162 e. The molecule has 2 aromatic rings. The molecule has 2 rings (SSSR count). The topological polar surface area (TPSA) is 54.9 Å². The maximum atomic E-state index is 14.7. The zero-order valence-corrected chi connectivity index (χ0v) is 18.5. The van der Waals surface area contributed by atoms with Gasteiger partial charge in [0.05, 0.1) is 27.5 Å². The highest BCUT2D eigenvalue weighted by molar-refractivity contribution is 9.10. The van der Waals surface area contributed by atoms with E-state index in [1.807, 2.05) is 20.8 Å². The van der Waals surface area contributed by atoms with E-state index >= 15 is 0 Å². The highest BCUT2D eigenvalue weighted by atomic mass is 79.9. The van der Waals surface area contributed by atoms with Crippen LogP contribution in [-0.4, -0.2) is 18.9 Å². The molecule has 3 atom stereocenters. The van der Waals surface area contributed by atoms with E-state index in [1.165, 1.54) is 18.5 Å². The van der Waals surface area contributed by atoms with E-state index < -0.39 is 39.3 Å². The first-order chi connectivity index (χ1) is 13.2. The summed E-state index contributed by atoms with van der Waals surface area (Å²) in [5.41, 5.74) is 0.681. The van der Waals surface area contributed by atoms with Crippen LogP contribution in [0.1, 0.15) is 56.8 Å². The third kappa shape index (κ3) is 5.52. The van der Waals surface area contributed by atoms with Crippen molar-refractivity contribution in [1.82, 2.24) is 14.7 Å². The Hall–Kier alpha value is -1.51. The van der Waals surface area contributed by atoms with Gasteiger partial charge in [0.15, 0.2) is 11.6 Å². The fourth-order valence-electron chi connectivity index (χ4n) is 2.77. The molecule has 1 N–H and O–H groups in total. The number of halogens is 3. The van der Waals surface area contributed by atoms with Gasteiger partial charge in [-0.3, -0.25) is 4.98 Å². The zero-order valence-electron chi connectivity index (χ0n) is 16.1. The van der Waals surface area contributed by atoms with Crippen LogP contribution in [-0.2, 0) is 11.0 Å². The van der Waals surface area contributed by atoms with Gasteiger partial charge in [-0.2, -0.15) is 0 Å². The number of hydrogen-bond donors (Lipinski definition) is 1. The van der Waals surface area contributed by atoms with Crippen LogP contribution < -0.4 is 4.72 Å². The maximum Gasteiger partial charge on any atom is 0.162 e. The zero-order chi connectivity index (χ0) is 20.9. The van der Waals surface area contributed by atoms with Gasteiger partial charge in [0.1, 0.15) is 4.60 Å². The molecule has 4 nitrogen and oxygen atoms in total. The Labute approximate surface area is 175 Å². The van der Waals surface area contributed by atoms with Gasteiger partial charge in [-0.05, 0) is 61.2 Å². The average molecular weight is 472 g/mol. The monoisotopic (exact) mass is 471 g/mol. The first kappa shape index (κ1) is 22.8. The molecule has 28 heavy (non-hydrogen) atoms. The third-order valence-electron chi connectivity index (χ3n) is 4.23. The Balaban J connectivity index is 2.60. The van der Waals surface area contributed by atoms with Crippen LogP contribution in [0.3, 0.4) is 0 Å². The second-order valence-corrected chi connectivity index (χ2v) is 10.1. The van der Waals surface area contributed by atoms with Gasteiger partial charge < -0.3 is 0 Å². The van der Waals surface area contributed by atoms with Gasteiger partial charge in [0, 0.05) is 18.3 Å². The number of nitrogens with zero attached hydrogens (tertiary/aromatic N) is 2. The van der Waals surface area contributed by atoms with Crippen LogP contribution in [0.2, 0.25) is 0 Å². The van der Waals surface area contributed by atoms with Crippen LogP contribution >= 0.6 is 15.9 Å². The summed E-state index contributed by atoms with van der Waals surface area (Å²) in [4.78, 5) is 8.57. The molecular formula is C20H24BrF2N3OS. The van der Waals surface area contributed by atoms with Crippen molar-refractivity contribution < 1.29 is 13.0 Å². The fourth-order valence-corrected chi connectivity index (χ4v) is 4.09. The predicted molar refractivity (Wildman–Crippen MR) is 112 cm³/mol. The molecular weight excluding hydrogens is 448 g/mol. The van der Waals surface area contributed by atoms with Crippen LogP contribution in [0.15, 0.2) is 47.9 Å². The van der Waals surface area contributed by atoms with Crippen molar-refractivity contribution in [2.24, 2.45) is 0 Å². The molecule has 0 bridgehead atoms. The molecule has 0 fully saturated rings. The lowest BCUT2D eigenvalue weighted by molar-refractivity contribution is 0.434. The first-order valence-electron chi connectivity index (χ1n) is 8.86. The van der Waals surface area contributed by atoms with E-state index in [-0.39, 0.29) is 5.56 Å². The van der Waals surface area contributed by atoms with Crippen LogP contribution in [0, 0.1) is 11.6 Å². The number of rotatable bonds is 8. The number of nitrogens with one attached hydrogen (secondary N) is 1. The molecule has 8 heteroatoms. The summed E-state index contributed by atoms with van der Waals surface area (Å²) >= 11 is 3.38. The molecule has 3 unspecified atom stereocenters. The first-order valence-corrected chi connectivity index (χ1v) is 10.8. The van der Waals surface area contributed by atoms with Gasteiger partial charge in [0.25, 0.3) is 0 Å². The fraction of sp³-hybridized carbons (Fsp3) is 0.400. The van der Waals surface area contributed by atoms with Gasteiger partial charge >= 0.3 is 0 Å². The summed E-state index contributed by atoms with van der Waals surface area (Å²) in [6, 6.07) is 3.44. The minimum Gasteiger partial charge on any atom is -0.255 e. The summed E-state index contributed by atoms with van der Waals surface area (Å²) in [6.07, 6.45) is 5.78. The van der Waals surface area contributed by atoms with E-state index in [2.05, 4.69) is 37.2 Å². The molecule has 1 aromatic carbocycles. The summed E-state index contributed by atoms with van der Waals surface area (Å²) in [6.45, 7) is 9.23. The Morgan fingerprint density at radius 2 is 1.96 bits per heavy atom. The normalized spacial score (nSPS) is 15.1. The number of benzene rings is 1. The van der Waals surface area contributed by atoms with Crippen LogP contribution in [0.4, 0.5) is 8.78 Å². The van der Waals surface area contributed by atoms with Crippen LogP contribution in [0.5, 0.6) is 0 Å². The number of aromatic nitrogens is 2. The molecule has 152 valence electrons. The Kier molecular flexibility index (Phi) is 7.97. The van der Waals surface area contributed by atoms with Crippen molar-refractivity contribution in [2.45, 2.75) is 50.3 Å². The highest BCUT2D eigenvalue weighted by Crippen LogP contribution is 2.38. The standard InChI is InChI=1S/C20H24BrF2N3OS/c1-5-6-8-14(13-9-7-10-15(22)16(13)23)17(26-28(27)20(2,3)4)18-19(21)25-12-11-24-18/h5,7,9-12,14,17,26H,1,6,8H2,2-4H3. The lowest BCUT2D eigenvalue weighted by Crippen LogP contribution is -2.38. The minimum atomic E-state index is -1.47. The van der Waals surface area contributed by atoms with Gasteiger partial charge in [-0.15, -0.1) is 6.58 Å². The molecule has 0 saturated heterocycles. The van der Waals surface area contributed by atoms with E-state index in [1.54, 1.807) is 12.1 Å². The number of allylic oxidation sites excluding steroid dienone is 1. The second-order valence-electron chi connectivity index (χ2n) is 7.32. The third-order valence-corrected chi connectivity index (χ3v) is 6.42. The van der Waals surface area contributed by atoms with Crippen molar-refractivity contribution in [2.75, 3.05) is 0 Å². The largest absolute Gasteiger partial charge is 0.255 e. The molecule has 0 aliphatic carbocycles. The lowest BCUT2D eigenvalue weighted by atomic mass is 9.86. The van der Waals surface area contributed by atoms with Crippen molar-refractivity contribution in [3.05, 3.63) is 70.7 Å². The van der Waals surface area contributed by atoms with Gasteiger partial charge in [0.2, 0.25) is 0 Å². The van der Waals surface area contributed by atoms with Crippen molar-refractivity contribution in [1.29, 1.82) is 0 Å². The van der Waals surface area contributed by atoms with Gasteiger partial charge in [-0.25, -0.2) is 22.7 Å². The van der Waals surface area contributed by atoms with Gasteiger partial charge in [-0.1, -0.05) is 18.2 Å². The molecule has 1 aromatic heterocycles. The van der Waals surface area contributed by atoms with E-state index in [9.17, 15) is 13.0 Å². The maximum absolute atomic E-state index is 14.7. The Bertz CT molecular complexity index is 858. The predicted octanol–water partition coefficient (Wildman–Crippen LogP) is 5.36. The quantitative estimate of drug-likeness (QED) is 0.527. The van der Waals surface area contributed by atoms with E-state index in [4.69, 9.17) is 0 Å². The molecule has 0 saturated carbocycles. The molecule has 0 aliphatic rings. The average Bonchev–Trinajstić information content (AvgIpc) is 2.63. The lowest BCUT2D eigenvalue weighted by Gasteiger charge is -2.31. The van der Waals surface area contributed by atoms with Crippen molar-refractivity contribution in [3.8, 4) is 0 Å². The molecule has 0 amide bonds. The Morgan fingerprint density at radius 1 is 1.29 bits per heavy atom. The minimum absolute atomic E-state index is 0.197. The Morgan fingerprint density at radius 3 is 2.57 bits per heavy atom. The number of hydrogen-bond acceptors (Lipinski definition) is 3.